The SMILES string of the molecule is CCOC(=O)C=NN(N)C(C)O. The quantitative estimate of drug-likeness (QED) is 0.189. The van der Waals surface area contributed by atoms with Crippen molar-refractivity contribution in [1.82, 2.24) is 5.12 Å². The highest BCUT2D eigenvalue weighted by atomic mass is 16.5. The maximum absolute atomic E-state index is 10.6. The van der Waals surface area contributed by atoms with E-state index in [1.807, 2.05) is 0 Å². The van der Waals surface area contributed by atoms with Gasteiger partial charge in [0.2, 0.25) is 0 Å². The Labute approximate surface area is 70.6 Å². The second-order valence-corrected chi connectivity index (χ2v) is 2.01. The molecule has 0 radical (unpaired) electrons. The lowest BCUT2D eigenvalue weighted by Gasteiger charge is -2.13. The molecule has 0 spiro atoms. The first-order chi connectivity index (χ1) is 5.57. The zero-order chi connectivity index (χ0) is 9.56. The van der Waals surface area contributed by atoms with E-state index in [2.05, 4.69) is 9.84 Å². The Kier molecular flexibility index (Phi) is 4.98. The van der Waals surface area contributed by atoms with Crippen LogP contribution in [0.25, 0.3) is 0 Å². The molecular weight excluding hydrogens is 162 g/mol. The highest BCUT2D eigenvalue weighted by Crippen LogP contribution is 1.85. The van der Waals surface area contributed by atoms with Gasteiger partial charge in [-0.3, -0.25) is 0 Å². The molecule has 0 fully saturated rings. The summed E-state index contributed by atoms with van der Waals surface area (Å²) in [5, 5.41) is 12.9. The lowest BCUT2D eigenvalue weighted by Crippen LogP contribution is -2.34. The maximum Gasteiger partial charge on any atom is 0.351 e. The van der Waals surface area contributed by atoms with Crippen LogP contribution in [0.3, 0.4) is 0 Å². The summed E-state index contributed by atoms with van der Waals surface area (Å²) >= 11 is 0. The topological polar surface area (TPSA) is 88.2 Å². The van der Waals surface area contributed by atoms with E-state index in [4.69, 9.17) is 10.9 Å². The van der Waals surface area contributed by atoms with Crippen molar-refractivity contribution in [1.29, 1.82) is 0 Å². The summed E-state index contributed by atoms with van der Waals surface area (Å²) < 4.78 is 4.52. The van der Waals surface area contributed by atoms with Crippen molar-refractivity contribution in [2.45, 2.75) is 20.1 Å². The average molecular weight is 175 g/mol. The van der Waals surface area contributed by atoms with E-state index in [1.54, 1.807) is 6.92 Å². The minimum absolute atomic E-state index is 0.282. The van der Waals surface area contributed by atoms with Gasteiger partial charge in [0.15, 0.2) is 6.23 Å². The number of ether oxygens (including phenoxy) is 1. The van der Waals surface area contributed by atoms with Gasteiger partial charge in [0, 0.05) is 0 Å². The van der Waals surface area contributed by atoms with Gasteiger partial charge in [0.1, 0.15) is 6.21 Å². The van der Waals surface area contributed by atoms with Crippen LogP contribution in [-0.2, 0) is 9.53 Å². The smallest absolute Gasteiger partial charge is 0.351 e. The van der Waals surface area contributed by atoms with Gasteiger partial charge in [-0.05, 0) is 13.8 Å². The fraction of sp³-hybridized carbons (Fsp3) is 0.667. The Balaban J connectivity index is 3.81. The first-order valence-electron chi connectivity index (χ1n) is 3.50. The number of hydrogen-bond acceptors (Lipinski definition) is 6. The second kappa shape index (κ2) is 5.50. The summed E-state index contributed by atoms with van der Waals surface area (Å²) in [6.07, 6.45) is -0.0355. The lowest BCUT2D eigenvalue weighted by molar-refractivity contribution is -0.134. The van der Waals surface area contributed by atoms with Crippen LogP contribution in [0.5, 0.6) is 0 Å². The predicted octanol–water partition coefficient (Wildman–Crippen LogP) is -0.951. The van der Waals surface area contributed by atoms with Gasteiger partial charge in [-0.15, -0.1) is 0 Å². The number of carbonyl (C=O) groups is 1. The molecule has 6 heteroatoms. The van der Waals surface area contributed by atoms with Crippen LogP contribution in [0.15, 0.2) is 5.10 Å². The van der Waals surface area contributed by atoms with Gasteiger partial charge in [-0.2, -0.15) is 5.10 Å². The highest BCUT2D eigenvalue weighted by Gasteiger charge is 2.01. The van der Waals surface area contributed by atoms with Crippen molar-refractivity contribution in [2.24, 2.45) is 10.9 Å². The van der Waals surface area contributed by atoms with E-state index in [0.29, 0.717) is 0 Å². The highest BCUT2D eigenvalue weighted by molar-refractivity contribution is 6.23. The summed E-state index contributed by atoms with van der Waals surface area (Å²) in [6.45, 7) is 3.38. The molecule has 0 saturated heterocycles. The van der Waals surface area contributed by atoms with Gasteiger partial charge in [-0.25, -0.2) is 15.8 Å². The van der Waals surface area contributed by atoms with E-state index in [1.165, 1.54) is 6.92 Å². The van der Waals surface area contributed by atoms with Crippen molar-refractivity contribution in [3.63, 3.8) is 0 Å². The summed E-state index contributed by atoms with van der Waals surface area (Å²) in [6, 6.07) is 0. The fourth-order valence-corrected chi connectivity index (χ4v) is 0.390. The van der Waals surface area contributed by atoms with Crippen LogP contribution in [0, 0.1) is 0 Å². The van der Waals surface area contributed by atoms with Crippen LogP contribution < -0.4 is 5.84 Å². The number of rotatable bonds is 4. The van der Waals surface area contributed by atoms with Crippen LogP contribution in [-0.4, -0.2) is 35.2 Å². The second-order valence-electron chi connectivity index (χ2n) is 2.01. The van der Waals surface area contributed by atoms with E-state index >= 15 is 0 Å². The summed E-state index contributed by atoms with van der Waals surface area (Å²) in [5.74, 6) is 4.55. The molecule has 0 aromatic heterocycles. The fourth-order valence-electron chi connectivity index (χ4n) is 0.390. The van der Waals surface area contributed by atoms with E-state index in [9.17, 15) is 4.79 Å². The molecule has 0 rings (SSSR count). The Bertz CT molecular complexity index is 169. The van der Waals surface area contributed by atoms with Crippen LogP contribution >= 0.6 is 0 Å². The molecule has 0 bridgehead atoms. The van der Waals surface area contributed by atoms with E-state index in [0.717, 1.165) is 11.3 Å². The zero-order valence-electron chi connectivity index (χ0n) is 7.10. The largest absolute Gasteiger partial charge is 0.462 e. The van der Waals surface area contributed by atoms with Crippen molar-refractivity contribution < 1.29 is 14.6 Å². The van der Waals surface area contributed by atoms with Crippen molar-refractivity contribution >= 4 is 12.2 Å². The maximum atomic E-state index is 10.6. The molecule has 0 saturated carbocycles. The van der Waals surface area contributed by atoms with Crippen molar-refractivity contribution in [2.75, 3.05) is 6.61 Å². The molecule has 1 atom stereocenters. The number of nitrogens with zero attached hydrogens (tertiary/aromatic N) is 2. The molecule has 12 heavy (non-hydrogen) atoms. The Morgan fingerprint density at radius 3 is 2.92 bits per heavy atom. The monoisotopic (exact) mass is 175 g/mol. The predicted molar refractivity (Wildman–Crippen MR) is 42.8 cm³/mol. The average Bonchev–Trinajstić information content (AvgIpc) is 2.00. The third-order valence-corrected chi connectivity index (χ3v) is 0.966. The molecule has 0 heterocycles. The Morgan fingerprint density at radius 2 is 2.50 bits per heavy atom. The van der Waals surface area contributed by atoms with Gasteiger partial charge < -0.3 is 9.84 Å². The molecule has 0 aliphatic carbocycles. The Hall–Kier alpha value is -1.14. The van der Waals surface area contributed by atoms with Crippen molar-refractivity contribution in [3.8, 4) is 0 Å². The van der Waals surface area contributed by atoms with E-state index in [-0.39, 0.29) is 6.61 Å². The molecule has 1 unspecified atom stereocenters. The van der Waals surface area contributed by atoms with Gasteiger partial charge in [-0.1, -0.05) is 0 Å². The molecule has 70 valence electrons. The number of aliphatic hydroxyl groups excluding tert-OH is 1. The summed E-state index contributed by atoms with van der Waals surface area (Å²) in [7, 11) is 0. The molecule has 0 amide bonds. The van der Waals surface area contributed by atoms with Crippen molar-refractivity contribution in [3.05, 3.63) is 0 Å². The third-order valence-electron chi connectivity index (χ3n) is 0.966. The third kappa shape index (κ3) is 4.64. The normalized spacial score (nSPS) is 13.0. The van der Waals surface area contributed by atoms with Gasteiger partial charge in [0.25, 0.3) is 0 Å². The minimum Gasteiger partial charge on any atom is -0.462 e. The lowest BCUT2D eigenvalue weighted by atomic mass is 10.7. The standard InChI is InChI=1S/C6H13N3O3/c1-3-12-6(11)4-8-9(7)5(2)10/h4-5,10H,3,7H2,1-2H3. The Morgan fingerprint density at radius 1 is 1.92 bits per heavy atom. The number of hydrazone groups is 1. The zero-order valence-corrected chi connectivity index (χ0v) is 7.10. The summed E-state index contributed by atoms with van der Waals surface area (Å²) in [5.41, 5.74) is 0. The number of hydrazine groups is 1. The molecule has 0 aromatic rings. The molecule has 0 aromatic carbocycles. The molecule has 3 N–H and O–H groups in total. The molecule has 6 nitrogen and oxygen atoms in total. The van der Waals surface area contributed by atoms with Crippen LogP contribution in [0.4, 0.5) is 0 Å². The van der Waals surface area contributed by atoms with Gasteiger partial charge >= 0.3 is 5.97 Å². The van der Waals surface area contributed by atoms with Crippen LogP contribution in [0.2, 0.25) is 0 Å². The molecule has 0 aliphatic heterocycles. The van der Waals surface area contributed by atoms with Gasteiger partial charge in [0.05, 0.1) is 6.61 Å². The van der Waals surface area contributed by atoms with Crippen LogP contribution in [0.1, 0.15) is 13.8 Å². The number of nitrogens with two attached hydrogens (primary N) is 1. The summed E-state index contributed by atoms with van der Waals surface area (Å²) in [4.78, 5) is 10.6. The molecular formula is C6H13N3O3. The number of aliphatic hydroxyl groups is 1. The number of hydrogen-bond donors (Lipinski definition) is 2. The number of esters is 1. The van der Waals surface area contributed by atoms with E-state index < -0.39 is 12.2 Å². The first kappa shape index (κ1) is 10.9. The minimum atomic E-state index is -0.935. The molecule has 0 aliphatic rings. The number of carbonyl (C=O) groups excluding carboxylic acids is 1. The first-order valence-corrected chi connectivity index (χ1v) is 3.50.